The van der Waals surface area contributed by atoms with Crippen LogP contribution < -0.4 is 0 Å². The van der Waals surface area contributed by atoms with Crippen LogP contribution in [-0.2, 0) is 21.1 Å². The Kier molecular flexibility index (Phi) is 4.55. The second kappa shape index (κ2) is 6.15. The topological polar surface area (TPSA) is 76.4 Å². The highest BCUT2D eigenvalue weighted by atomic mass is 79.9. The predicted octanol–water partition coefficient (Wildman–Crippen LogP) is 3.93. The summed E-state index contributed by atoms with van der Waals surface area (Å²) in [4.78, 5) is 0. The van der Waals surface area contributed by atoms with E-state index in [0.717, 1.165) is 16.1 Å². The molecular weight excluding hydrogens is 433 g/mol. The average Bonchev–Trinajstić information content (AvgIpc) is 2.93. The van der Waals surface area contributed by atoms with Gasteiger partial charge in [0.1, 0.15) is 21.1 Å². The summed E-state index contributed by atoms with van der Waals surface area (Å²) in [5, 5.41) is -0.126. The van der Waals surface area contributed by atoms with Crippen molar-refractivity contribution < 1.29 is 21.6 Å². The van der Waals surface area contributed by atoms with Crippen molar-refractivity contribution in [1.82, 2.24) is 3.97 Å². The predicted molar refractivity (Wildman–Crippen MR) is 99.0 cm³/mol. The third kappa shape index (κ3) is 2.83. The minimum absolute atomic E-state index is 0.152. The maximum Gasteiger partial charge on any atom is 0.249 e. The van der Waals surface area contributed by atoms with Gasteiger partial charge in [0.05, 0.1) is 0 Å². The molecule has 2 aromatic rings. The minimum atomic E-state index is -4.22. The Balaban J connectivity index is 2.36. The molecular formula is C16H15BrFNO4S2. The Morgan fingerprint density at radius 1 is 1.40 bits per heavy atom. The molecule has 1 aromatic carbocycles. The van der Waals surface area contributed by atoms with Crippen molar-refractivity contribution in [2.45, 2.75) is 30.0 Å². The quantitative estimate of drug-likeness (QED) is 0.723. The molecule has 0 amide bonds. The Hall–Kier alpha value is -1.29. The lowest BCUT2D eigenvalue weighted by Gasteiger charge is -2.30. The van der Waals surface area contributed by atoms with Gasteiger partial charge in [-0.05, 0) is 38.0 Å². The third-order valence-corrected chi connectivity index (χ3v) is 8.34. The standard InChI is InChI=1S/C16H15BrFNO4S2/c1-10-9-16(2,7-6-12(10)17)25(22,23)19-14(24(20)21)8-11-4-3-5-13(18)15(11)19/h3-6,8-9H,7H2,1-2H3,(H,20,21). The van der Waals surface area contributed by atoms with Gasteiger partial charge in [0.2, 0.25) is 21.1 Å². The summed E-state index contributed by atoms with van der Waals surface area (Å²) >= 11 is 0.758. The van der Waals surface area contributed by atoms with Crippen LogP contribution in [-0.4, -0.2) is 25.9 Å². The molecule has 1 aliphatic rings. The normalized spacial score (nSPS) is 22.6. The maximum atomic E-state index is 14.4. The zero-order chi connectivity index (χ0) is 18.6. The van der Waals surface area contributed by atoms with Crippen LogP contribution in [0.4, 0.5) is 4.39 Å². The Labute approximate surface area is 155 Å². The molecule has 1 N–H and O–H groups in total. The number of aromatic nitrogens is 1. The lowest BCUT2D eigenvalue weighted by atomic mass is 9.98. The molecule has 9 heteroatoms. The number of halogens is 2. The summed E-state index contributed by atoms with van der Waals surface area (Å²) in [6.45, 7) is 3.27. The van der Waals surface area contributed by atoms with Gasteiger partial charge >= 0.3 is 0 Å². The van der Waals surface area contributed by atoms with Crippen molar-refractivity contribution in [3.63, 3.8) is 0 Å². The van der Waals surface area contributed by atoms with Gasteiger partial charge in [0.15, 0.2) is 0 Å². The van der Waals surface area contributed by atoms with E-state index in [-0.39, 0.29) is 22.3 Å². The first-order valence-corrected chi connectivity index (χ1v) is 10.6. The first-order valence-electron chi connectivity index (χ1n) is 7.30. The summed E-state index contributed by atoms with van der Waals surface area (Å²) in [5.74, 6) is -0.769. The number of fused-ring (bicyclic) bond motifs is 1. The monoisotopic (exact) mass is 447 g/mol. The molecule has 0 saturated heterocycles. The number of rotatable bonds is 3. The number of nitrogens with zero attached hydrogens (tertiary/aromatic N) is 1. The SMILES string of the molecule is CC1=CC(C)(S(=O)(=O)n2c(S(=O)O)cc3cccc(F)c32)CC=C1Br. The lowest BCUT2D eigenvalue weighted by Crippen LogP contribution is -2.39. The van der Waals surface area contributed by atoms with Crippen molar-refractivity contribution >= 4 is 47.9 Å². The number of benzene rings is 1. The van der Waals surface area contributed by atoms with Gasteiger partial charge in [-0.1, -0.05) is 40.2 Å². The van der Waals surface area contributed by atoms with Crippen LogP contribution in [0.15, 0.2) is 51.5 Å². The zero-order valence-corrected chi connectivity index (χ0v) is 16.6. The van der Waals surface area contributed by atoms with Crippen LogP contribution in [0.25, 0.3) is 10.9 Å². The van der Waals surface area contributed by atoms with Crippen molar-refractivity contribution in [2.24, 2.45) is 0 Å². The number of hydrogen-bond donors (Lipinski definition) is 1. The Morgan fingerprint density at radius 3 is 2.68 bits per heavy atom. The van der Waals surface area contributed by atoms with Crippen molar-refractivity contribution in [1.29, 1.82) is 0 Å². The molecule has 2 unspecified atom stereocenters. The average molecular weight is 448 g/mol. The van der Waals surface area contributed by atoms with Crippen LogP contribution in [0.5, 0.6) is 0 Å². The summed E-state index contributed by atoms with van der Waals surface area (Å²) in [6.07, 6.45) is 3.45. The molecule has 5 nitrogen and oxygen atoms in total. The molecule has 0 radical (unpaired) electrons. The van der Waals surface area contributed by atoms with E-state index in [1.165, 1.54) is 25.1 Å². The van der Waals surface area contributed by atoms with E-state index in [4.69, 9.17) is 0 Å². The molecule has 0 bridgehead atoms. The molecule has 0 aliphatic heterocycles. The fraction of sp³-hybridized carbons (Fsp3) is 0.250. The largest absolute Gasteiger partial charge is 0.301 e. The summed E-state index contributed by atoms with van der Waals surface area (Å²) < 4.78 is 62.5. The first kappa shape index (κ1) is 18.5. The number of para-hydroxylation sites is 1. The molecule has 0 fully saturated rings. The molecule has 1 aliphatic carbocycles. The van der Waals surface area contributed by atoms with Crippen LogP contribution >= 0.6 is 15.9 Å². The van der Waals surface area contributed by atoms with Crippen molar-refractivity contribution in [3.8, 4) is 0 Å². The summed E-state index contributed by atoms with van der Waals surface area (Å²) in [6, 6.07) is 5.27. The van der Waals surface area contributed by atoms with E-state index >= 15 is 0 Å². The second-order valence-electron chi connectivity index (χ2n) is 6.08. The molecule has 1 aromatic heterocycles. The third-order valence-electron chi connectivity index (χ3n) is 4.29. The van der Waals surface area contributed by atoms with E-state index in [9.17, 15) is 21.6 Å². The minimum Gasteiger partial charge on any atom is -0.301 e. The Bertz CT molecular complexity index is 1070. The van der Waals surface area contributed by atoms with Gasteiger partial charge in [-0.3, -0.25) is 0 Å². The first-order chi connectivity index (χ1) is 11.6. The number of allylic oxidation sites excluding steroid dienone is 3. The van der Waals surface area contributed by atoms with E-state index in [2.05, 4.69) is 15.9 Å². The zero-order valence-electron chi connectivity index (χ0n) is 13.4. The molecule has 0 spiro atoms. The van der Waals surface area contributed by atoms with E-state index in [1.54, 1.807) is 19.1 Å². The van der Waals surface area contributed by atoms with Crippen LogP contribution in [0.3, 0.4) is 0 Å². The molecule has 3 rings (SSSR count). The van der Waals surface area contributed by atoms with E-state index in [0.29, 0.717) is 3.97 Å². The Morgan fingerprint density at radius 2 is 2.08 bits per heavy atom. The smallest absolute Gasteiger partial charge is 0.249 e. The summed E-state index contributed by atoms with van der Waals surface area (Å²) in [7, 11) is -4.22. The van der Waals surface area contributed by atoms with Gasteiger partial charge in [0, 0.05) is 9.87 Å². The second-order valence-corrected chi connectivity index (χ2v) is 10.1. The van der Waals surface area contributed by atoms with E-state index in [1.807, 2.05) is 0 Å². The van der Waals surface area contributed by atoms with Crippen LogP contribution in [0.2, 0.25) is 0 Å². The fourth-order valence-electron chi connectivity index (χ4n) is 2.95. The molecule has 2 atom stereocenters. The van der Waals surface area contributed by atoms with Gasteiger partial charge in [-0.15, -0.1) is 0 Å². The van der Waals surface area contributed by atoms with Gasteiger partial charge in [-0.25, -0.2) is 21.0 Å². The van der Waals surface area contributed by atoms with Crippen LogP contribution in [0, 0.1) is 5.82 Å². The summed E-state index contributed by atoms with van der Waals surface area (Å²) in [5.41, 5.74) is 0.502. The molecule has 134 valence electrons. The van der Waals surface area contributed by atoms with Crippen molar-refractivity contribution in [2.75, 3.05) is 0 Å². The molecule has 25 heavy (non-hydrogen) atoms. The van der Waals surface area contributed by atoms with Gasteiger partial charge < -0.3 is 4.55 Å². The molecule has 0 saturated carbocycles. The van der Waals surface area contributed by atoms with E-state index < -0.39 is 31.7 Å². The fourth-order valence-corrected chi connectivity index (χ4v) is 5.93. The van der Waals surface area contributed by atoms with Crippen molar-refractivity contribution in [3.05, 3.63) is 52.3 Å². The number of hydrogen-bond acceptors (Lipinski definition) is 3. The van der Waals surface area contributed by atoms with Gasteiger partial charge in [0.25, 0.3) is 0 Å². The highest BCUT2D eigenvalue weighted by Gasteiger charge is 2.42. The highest BCUT2D eigenvalue weighted by molar-refractivity contribution is 9.12. The lowest BCUT2D eigenvalue weighted by molar-refractivity contribution is 0.537. The highest BCUT2D eigenvalue weighted by Crippen LogP contribution is 2.38. The van der Waals surface area contributed by atoms with Crippen LogP contribution in [0.1, 0.15) is 20.3 Å². The molecule has 1 heterocycles. The van der Waals surface area contributed by atoms with Gasteiger partial charge in [-0.2, -0.15) is 0 Å². The maximum absolute atomic E-state index is 14.4.